The van der Waals surface area contributed by atoms with Gasteiger partial charge in [0.25, 0.3) is 0 Å². The summed E-state index contributed by atoms with van der Waals surface area (Å²) in [5.41, 5.74) is 2.19. The van der Waals surface area contributed by atoms with Crippen molar-refractivity contribution >= 4 is 21.8 Å². The number of ether oxygens (including phenoxy) is 1. The van der Waals surface area contributed by atoms with Crippen LogP contribution in [0.25, 0.3) is 11.4 Å². The van der Waals surface area contributed by atoms with Crippen molar-refractivity contribution < 1.29 is 14.1 Å². The van der Waals surface area contributed by atoms with E-state index < -0.39 is 0 Å². The summed E-state index contributed by atoms with van der Waals surface area (Å²) in [5.74, 6) is 2.34. The lowest BCUT2D eigenvalue weighted by molar-refractivity contribution is -0.126. The van der Waals surface area contributed by atoms with Crippen molar-refractivity contribution in [2.45, 2.75) is 39.2 Å². The molecule has 7 nitrogen and oxygen atoms in total. The van der Waals surface area contributed by atoms with E-state index in [4.69, 9.17) is 9.26 Å². The van der Waals surface area contributed by atoms with E-state index in [1.165, 1.54) is 5.56 Å². The smallest absolute Gasteiger partial charge is 0.241 e. The van der Waals surface area contributed by atoms with Crippen LogP contribution in [0, 0.1) is 5.92 Å². The molecule has 1 aliphatic rings. The Morgan fingerprint density at radius 2 is 1.88 bits per heavy atom. The minimum Gasteiger partial charge on any atom is -0.494 e. The fourth-order valence-electron chi connectivity index (χ4n) is 4.15. The summed E-state index contributed by atoms with van der Waals surface area (Å²) in [4.78, 5) is 19.4. The number of likely N-dealkylation sites (tertiary alicyclic amines) is 1. The number of nitrogens with one attached hydrogen (secondary N) is 1. The highest BCUT2D eigenvalue weighted by molar-refractivity contribution is 9.10. The van der Waals surface area contributed by atoms with Crippen molar-refractivity contribution in [1.82, 2.24) is 20.4 Å². The Morgan fingerprint density at radius 1 is 1.15 bits per heavy atom. The third-order valence-electron chi connectivity index (χ3n) is 6.06. The number of carbonyl (C=O) groups excluding carboxylic acids is 1. The van der Waals surface area contributed by atoms with Crippen LogP contribution in [0.15, 0.2) is 57.5 Å². The molecule has 0 spiro atoms. The van der Waals surface area contributed by atoms with E-state index in [9.17, 15) is 4.79 Å². The lowest BCUT2D eigenvalue weighted by Crippen LogP contribution is -2.40. The van der Waals surface area contributed by atoms with Crippen LogP contribution in [0.4, 0.5) is 0 Å². The Kier molecular flexibility index (Phi) is 8.71. The molecule has 1 fully saturated rings. The van der Waals surface area contributed by atoms with Crippen LogP contribution in [-0.4, -0.2) is 47.2 Å². The van der Waals surface area contributed by atoms with E-state index in [2.05, 4.69) is 48.4 Å². The molecule has 0 aliphatic carbocycles. The number of benzene rings is 2. The third-order valence-corrected chi connectivity index (χ3v) is 6.59. The Bertz CT molecular complexity index is 1040. The average molecular weight is 527 g/mol. The summed E-state index contributed by atoms with van der Waals surface area (Å²) in [6, 6.07) is 16.0. The number of rotatable bonds is 10. The maximum absolute atomic E-state index is 12.6. The quantitative estimate of drug-likeness (QED) is 0.380. The van der Waals surface area contributed by atoms with Gasteiger partial charge in [-0.3, -0.25) is 9.69 Å². The molecule has 1 saturated heterocycles. The Balaban J connectivity index is 1.14. The Morgan fingerprint density at radius 3 is 2.59 bits per heavy atom. The van der Waals surface area contributed by atoms with Gasteiger partial charge in [0.1, 0.15) is 5.75 Å². The molecule has 180 valence electrons. The summed E-state index contributed by atoms with van der Waals surface area (Å²) >= 11 is 3.43. The second kappa shape index (κ2) is 12.1. The molecule has 1 aromatic heterocycles. The molecule has 1 aliphatic heterocycles. The van der Waals surface area contributed by atoms with Crippen LogP contribution in [0.3, 0.4) is 0 Å². The maximum atomic E-state index is 12.6. The van der Waals surface area contributed by atoms with Crippen molar-refractivity contribution in [2.24, 2.45) is 5.92 Å². The SMILES string of the molecule is CCOc1ccc(CCCNC(=O)C2CCN(Cc3nc(-c4ccc(Br)cc4)no3)CC2)cc1. The Hall–Kier alpha value is -2.71. The zero-order chi connectivity index (χ0) is 23.8. The van der Waals surface area contributed by atoms with Gasteiger partial charge in [-0.1, -0.05) is 33.2 Å². The number of aryl methyl sites for hydroxylation is 1. The highest BCUT2D eigenvalue weighted by atomic mass is 79.9. The van der Waals surface area contributed by atoms with Gasteiger partial charge in [0, 0.05) is 22.5 Å². The summed E-state index contributed by atoms with van der Waals surface area (Å²) in [7, 11) is 0. The van der Waals surface area contributed by atoms with Crippen molar-refractivity contribution in [2.75, 3.05) is 26.2 Å². The predicted octanol–water partition coefficient (Wildman–Crippen LogP) is 4.86. The van der Waals surface area contributed by atoms with Crippen LogP contribution in [0.2, 0.25) is 0 Å². The van der Waals surface area contributed by atoms with E-state index in [-0.39, 0.29) is 11.8 Å². The fraction of sp³-hybridized carbons (Fsp3) is 0.423. The van der Waals surface area contributed by atoms with Gasteiger partial charge in [0.05, 0.1) is 13.2 Å². The average Bonchev–Trinajstić information content (AvgIpc) is 3.32. The molecule has 8 heteroatoms. The van der Waals surface area contributed by atoms with Crippen molar-refractivity contribution in [3.63, 3.8) is 0 Å². The van der Waals surface area contributed by atoms with Crippen LogP contribution < -0.4 is 10.1 Å². The first kappa shape index (κ1) is 24.4. The van der Waals surface area contributed by atoms with Gasteiger partial charge in [0.2, 0.25) is 17.6 Å². The molecule has 0 radical (unpaired) electrons. The molecular formula is C26H31BrN4O3. The molecule has 2 heterocycles. The summed E-state index contributed by atoms with van der Waals surface area (Å²) in [6.45, 7) is 5.66. The molecule has 3 aromatic rings. The first-order valence-electron chi connectivity index (χ1n) is 11.9. The third kappa shape index (κ3) is 6.90. The molecule has 2 aromatic carbocycles. The van der Waals surface area contributed by atoms with Gasteiger partial charge >= 0.3 is 0 Å². The minimum atomic E-state index is 0.0720. The largest absolute Gasteiger partial charge is 0.494 e. The number of hydrogen-bond acceptors (Lipinski definition) is 6. The lowest BCUT2D eigenvalue weighted by atomic mass is 9.96. The number of hydrogen-bond donors (Lipinski definition) is 1. The highest BCUT2D eigenvalue weighted by Crippen LogP contribution is 2.22. The molecule has 0 unspecified atom stereocenters. The number of halogens is 1. The number of piperidine rings is 1. The van der Waals surface area contributed by atoms with E-state index in [0.717, 1.165) is 54.6 Å². The highest BCUT2D eigenvalue weighted by Gasteiger charge is 2.25. The number of carbonyl (C=O) groups is 1. The molecule has 0 atom stereocenters. The zero-order valence-electron chi connectivity index (χ0n) is 19.5. The van der Waals surface area contributed by atoms with Crippen LogP contribution in [0.1, 0.15) is 37.6 Å². The molecule has 4 rings (SSSR count). The molecule has 0 bridgehead atoms. The van der Waals surface area contributed by atoms with Gasteiger partial charge in [0.15, 0.2) is 0 Å². The number of aromatic nitrogens is 2. The van der Waals surface area contributed by atoms with Gasteiger partial charge in [-0.15, -0.1) is 0 Å². The fourth-order valence-corrected chi connectivity index (χ4v) is 4.41. The maximum Gasteiger partial charge on any atom is 0.241 e. The Labute approximate surface area is 209 Å². The summed E-state index contributed by atoms with van der Waals surface area (Å²) in [6.07, 6.45) is 3.56. The molecule has 34 heavy (non-hydrogen) atoms. The standard InChI is InChI=1S/C26H31BrN4O3/c1-2-33-23-11-5-19(6-12-23)4-3-15-28-26(32)21-13-16-31(17-14-21)18-24-29-25(30-34-24)20-7-9-22(27)10-8-20/h5-12,21H,2-4,13-18H2,1H3,(H,28,32). The molecule has 1 amide bonds. The predicted molar refractivity (Wildman–Crippen MR) is 134 cm³/mol. The van der Waals surface area contributed by atoms with Gasteiger partial charge in [-0.2, -0.15) is 4.98 Å². The number of nitrogens with zero attached hydrogens (tertiary/aromatic N) is 3. The van der Waals surface area contributed by atoms with E-state index in [1.807, 2.05) is 43.3 Å². The van der Waals surface area contributed by atoms with E-state index >= 15 is 0 Å². The normalized spacial score (nSPS) is 14.8. The van der Waals surface area contributed by atoms with Crippen molar-refractivity contribution in [1.29, 1.82) is 0 Å². The molecular weight excluding hydrogens is 496 g/mol. The molecule has 1 N–H and O–H groups in total. The second-order valence-corrected chi connectivity index (χ2v) is 9.46. The van der Waals surface area contributed by atoms with Crippen LogP contribution >= 0.6 is 15.9 Å². The van der Waals surface area contributed by atoms with Crippen molar-refractivity contribution in [3.05, 3.63) is 64.5 Å². The van der Waals surface area contributed by atoms with Gasteiger partial charge in [-0.25, -0.2) is 0 Å². The lowest BCUT2D eigenvalue weighted by Gasteiger charge is -2.30. The van der Waals surface area contributed by atoms with Gasteiger partial charge in [-0.05, 0) is 87.7 Å². The first-order chi connectivity index (χ1) is 16.6. The minimum absolute atomic E-state index is 0.0720. The van der Waals surface area contributed by atoms with E-state index in [0.29, 0.717) is 31.4 Å². The first-order valence-corrected chi connectivity index (χ1v) is 12.7. The molecule has 0 saturated carbocycles. The van der Waals surface area contributed by atoms with Crippen LogP contribution in [0.5, 0.6) is 5.75 Å². The number of amides is 1. The monoisotopic (exact) mass is 526 g/mol. The van der Waals surface area contributed by atoms with Crippen LogP contribution in [-0.2, 0) is 17.8 Å². The topological polar surface area (TPSA) is 80.5 Å². The summed E-state index contributed by atoms with van der Waals surface area (Å²) in [5, 5.41) is 7.22. The summed E-state index contributed by atoms with van der Waals surface area (Å²) < 4.78 is 11.9. The van der Waals surface area contributed by atoms with Gasteiger partial charge < -0.3 is 14.6 Å². The van der Waals surface area contributed by atoms with E-state index in [1.54, 1.807) is 0 Å². The zero-order valence-corrected chi connectivity index (χ0v) is 21.1. The second-order valence-electron chi connectivity index (χ2n) is 8.54. The van der Waals surface area contributed by atoms with Crippen molar-refractivity contribution in [3.8, 4) is 17.1 Å².